The van der Waals surface area contributed by atoms with Gasteiger partial charge in [0.2, 0.25) is 0 Å². The van der Waals surface area contributed by atoms with Crippen LogP contribution in [0.2, 0.25) is 0 Å². The van der Waals surface area contributed by atoms with E-state index < -0.39 is 23.1 Å². The summed E-state index contributed by atoms with van der Waals surface area (Å²) in [5.41, 5.74) is 0.138. The Balaban J connectivity index is 1.82. The number of halogens is 3. The van der Waals surface area contributed by atoms with E-state index in [0.29, 0.717) is 15.7 Å². The highest BCUT2D eigenvalue weighted by Crippen LogP contribution is 2.15. The fourth-order valence-electron chi connectivity index (χ4n) is 2.24. The predicted octanol–water partition coefficient (Wildman–Crippen LogP) is 3.20. The molecule has 0 unspecified atom stereocenters. The molecular formula is C18H12BrF2N3O2. The maximum absolute atomic E-state index is 13.7. The Bertz CT molecular complexity index is 1020. The van der Waals surface area contributed by atoms with Crippen LogP contribution in [0.25, 0.3) is 5.69 Å². The van der Waals surface area contributed by atoms with Crippen molar-refractivity contribution >= 4 is 21.8 Å². The fourth-order valence-corrected chi connectivity index (χ4v) is 2.65. The third-order valence-corrected chi connectivity index (χ3v) is 4.04. The first-order valence-electron chi connectivity index (χ1n) is 7.52. The molecule has 3 rings (SSSR count). The quantitative estimate of drug-likeness (QED) is 0.705. The molecule has 132 valence electrons. The molecule has 8 heteroatoms. The van der Waals surface area contributed by atoms with Crippen molar-refractivity contribution in [2.45, 2.75) is 6.54 Å². The summed E-state index contributed by atoms with van der Waals surface area (Å²) in [5.74, 6) is -1.47. The maximum atomic E-state index is 13.7. The van der Waals surface area contributed by atoms with Crippen LogP contribution in [0.15, 0.2) is 63.9 Å². The van der Waals surface area contributed by atoms with Gasteiger partial charge < -0.3 is 5.32 Å². The first-order chi connectivity index (χ1) is 12.4. The van der Waals surface area contributed by atoms with Gasteiger partial charge in [-0.1, -0.05) is 15.9 Å². The van der Waals surface area contributed by atoms with Crippen LogP contribution in [0.3, 0.4) is 0 Å². The van der Waals surface area contributed by atoms with Gasteiger partial charge in [-0.15, -0.1) is 0 Å². The van der Waals surface area contributed by atoms with Crippen LogP contribution in [-0.4, -0.2) is 15.7 Å². The standard InChI is InChI=1S/C18H12BrF2N3O2/c19-12-1-6-15(21)11(9-12)10-22-18(26)16-7-8-17(25)24(23-16)14-4-2-13(20)3-5-14/h1-9H,10H2,(H,22,26). The van der Waals surface area contributed by atoms with Crippen LogP contribution < -0.4 is 10.9 Å². The Labute approximate surface area is 155 Å². The van der Waals surface area contributed by atoms with Crippen LogP contribution >= 0.6 is 15.9 Å². The minimum absolute atomic E-state index is 0.0238. The van der Waals surface area contributed by atoms with Gasteiger partial charge in [-0.05, 0) is 48.5 Å². The first kappa shape index (κ1) is 17.9. The van der Waals surface area contributed by atoms with Gasteiger partial charge in [0.05, 0.1) is 5.69 Å². The molecule has 0 saturated heterocycles. The molecule has 5 nitrogen and oxygen atoms in total. The second-order valence-electron chi connectivity index (χ2n) is 5.36. The van der Waals surface area contributed by atoms with E-state index >= 15 is 0 Å². The van der Waals surface area contributed by atoms with Crippen molar-refractivity contribution in [2.24, 2.45) is 0 Å². The highest BCUT2D eigenvalue weighted by molar-refractivity contribution is 9.10. The Kier molecular flexibility index (Phi) is 5.22. The lowest BCUT2D eigenvalue weighted by Gasteiger charge is -2.09. The van der Waals surface area contributed by atoms with Gasteiger partial charge in [-0.2, -0.15) is 9.78 Å². The Morgan fingerprint density at radius 2 is 1.81 bits per heavy atom. The molecule has 1 N–H and O–H groups in total. The van der Waals surface area contributed by atoms with Crippen LogP contribution in [-0.2, 0) is 6.54 Å². The molecule has 26 heavy (non-hydrogen) atoms. The van der Waals surface area contributed by atoms with Gasteiger partial charge in [0.15, 0.2) is 0 Å². The van der Waals surface area contributed by atoms with E-state index in [9.17, 15) is 18.4 Å². The predicted molar refractivity (Wildman–Crippen MR) is 95.1 cm³/mol. The van der Waals surface area contributed by atoms with Gasteiger partial charge in [-0.25, -0.2) is 8.78 Å². The summed E-state index contributed by atoms with van der Waals surface area (Å²) in [6.45, 7) is -0.0402. The van der Waals surface area contributed by atoms with Crippen LogP contribution in [0, 0.1) is 11.6 Å². The lowest BCUT2D eigenvalue weighted by molar-refractivity contribution is 0.0943. The SMILES string of the molecule is O=C(NCc1cc(Br)ccc1F)c1ccc(=O)n(-c2ccc(F)cc2)n1. The van der Waals surface area contributed by atoms with Crippen molar-refractivity contribution in [1.29, 1.82) is 0 Å². The van der Waals surface area contributed by atoms with Gasteiger partial charge in [0, 0.05) is 22.6 Å². The summed E-state index contributed by atoms with van der Waals surface area (Å²) in [5, 5.41) is 6.54. The van der Waals surface area contributed by atoms with E-state index in [1.165, 1.54) is 42.5 Å². The summed E-state index contributed by atoms with van der Waals surface area (Å²) in [6.07, 6.45) is 0. The molecule has 0 atom stereocenters. The summed E-state index contributed by atoms with van der Waals surface area (Å²) >= 11 is 3.24. The van der Waals surface area contributed by atoms with Crippen molar-refractivity contribution < 1.29 is 13.6 Å². The first-order valence-corrected chi connectivity index (χ1v) is 8.32. The van der Waals surface area contributed by atoms with E-state index in [4.69, 9.17) is 0 Å². The number of amides is 1. The average Bonchev–Trinajstić information content (AvgIpc) is 2.63. The fraction of sp³-hybridized carbons (Fsp3) is 0.0556. The van der Waals surface area contributed by atoms with Crippen LogP contribution in [0.4, 0.5) is 8.78 Å². The molecule has 0 fully saturated rings. The molecule has 1 heterocycles. The molecule has 1 amide bonds. The zero-order chi connectivity index (χ0) is 18.7. The second kappa shape index (κ2) is 7.57. The summed E-state index contributed by atoms with van der Waals surface area (Å²) in [7, 11) is 0. The molecule has 0 spiro atoms. The van der Waals surface area contributed by atoms with Gasteiger partial charge in [-0.3, -0.25) is 9.59 Å². The molecule has 0 aliphatic heterocycles. The number of aromatic nitrogens is 2. The molecule has 2 aromatic carbocycles. The summed E-state index contributed by atoms with van der Waals surface area (Å²) in [4.78, 5) is 24.2. The van der Waals surface area contributed by atoms with E-state index in [0.717, 1.165) is 4.68 Å². The van der Waals surface area contributed by atoms with E-state index in [2.05, 4.69) is 26.3 Å². The summed E-state index contributed by atoms with van der Waals surface area (Å²) < 4.78 is 28.4. The van der Waals surface area contributed by atoms with Crippen molar-refractivity contribution in [3.05, 3.63) is 92.3 Å². The lowest BCUT2D eigenvalue weighted by Crippen LogP contribution is -2.28. The third-order valence-electron chi connectivity index (χ3n) is 3.55. The number of carbonyl (C=O) groups is 1. The van der Waals surface area contributed by atoms with E-state index in [-0.39, 0.29) is 12.2 Å². The number of nitrogens with zero attached hydrogens (tertiary/aromatic N) is 2. The number of hydrogen-bond acceptors (Lipinski definition) is 3. The largest absolute Gasteiger partial charge is 0.346 e. The molecule has 3 aromatic rings. The zero-order valence-corrected chi connectivity index (χ0v) is 14.8. The van der Waals surface area contributed by atoms with E-state index in [1.807, 2.05) is 0 Å². The summed E-state index contributed by atoms with van der Waals surface area (Å²) in [6, 6.07) is 12.0. The molecule has 0 radical (unpaired) electrons. The molecule has 0 aliphatic carbocycles. The molecule has 0 bridgehead atoms. The monoisotopic (exact) mass is 419 g/mol. The normalized spacial score (nSPS) is 10.6. The highest BCUT2D eigenvalue weighted by atomic mass is 79.9. The molecule has 1 aromatic heterocycles. The molecule has 0 aliphatic rings. The molecular weight excluding hydrogens is 408 g/mol. The van der Waals surface area contributed by atoms with Crippen molar-refractivity contribution in [3.8, 4) is 5.69 Å². The Morgan fingerprint density at radius 3 is 2.54 bits per heavy atom. The number of rotatable bonds is 4. The minimum Gasteiger partial charge on any atom is -0.346 e. The smallest absolute Gasteiger partial charge is 0.272 e. The average molecular weight is 420 g/mol. The highest BCUT2D eigenvalue weighted by Gasteiger charge is 2.12. The Hall–Kier alpha value is -2.87. The van der Waals surface area contributed by atoms with Gasteiger partial charge in [0.1, 0.15) is 17.3 Å². The van der Waals surface area contributed by atoms with Gasteiger partial charge in [0.25, 0.3) is 11.5 Å². The van der Waals surface area contributed by atoms with Gasteiger partial charge >= 0.3 is 0 Å². The number of nitrogens with one attached hydrogen (secondary N) is 1. The number of hydrogen-bond donors (Lipinski definition) is 1. The maximum Gasteiger partial charge on any atom is 0.272 e. The van der Waals surface area contributed by atoms with E-state index in [1.54, 1.807) is 12.1 Å². The topological polar surface area (TPSA) is 64.0 Å². The third kappa shape index (κ3) is 4.02. The number of benzene rings is 2. The Morgan fingerprint density at radius 1 is 1.08 bits per heavy atom. The van der Waals surface area contributed by atoms with Crippen LogP contribution in [0.1, 0.15) is 16.1 Å². The van der Waals surface area contributed by atoms with Crippen LogP contribution in [0.5, 0.6) is 0 Å². The van der Waals surface area contributed by atoms with Crippen molar-refractivity contribution in [3.63, 3.8) is 0 Å². The van der Waals surface area contributed by atoms with Crippen molar-refractivity contribution in [2.75, 3.05) is 0 Å². The molecule has 0 saturated carbocycles. The minimum atomic E-state index is -0.569. The lowest BCUT2D eigenvalue weighted by atomic mass is 10.2. The number of carbonyl (C=O) groups excluding carboxylic acids is 1. The second-order valence-corrected chi connectivity index (χ2v) is 6.28. The zero-order valence-electron chi connectivity index (χ0n) is 13.2. The van der Waals surface area contributed by atoms with Crippen molar-refractivity contribution in [1.82, 2.24) is 15.1 Å².